The molecule has 0 saturated heterocycles. The molecule has 3 rings (SSSR count). The van der Waals surface area contributed by atoms with Crippen LogP contribution in [0.3, 0.4) is 0 Å². The van der Waals surface area contributed by atoms with Crippen LogP contribution in [-0.2, 0) is 6.61 Å². The molecule has 0 aliphatic rings. The molecule has 0 saturated carbocycles. The van der Waals surface area contributed by atoms with Crippen molar-refractivity contribution >= 4 is 5.84 Å². The van der Waals surface area contributed by atoms with Crippen molar-refractivity contribution in [3.63, 3.8) is 0 Å². The molecule has 0 amide bonds. The van der Waals surface area contributed by atoms with Gasteiger partial charge in [0.2, 0.25) is 0 Å². The summed E-state index contributed by atoms with van der Waals surface area (Å²) in [6, 6.07) is 15.1. The third-order valence-electron chi connectivity index (χ3n) is 3.10. The van der Waals surface area contributed by atoms with Gasteiger partial charge in [-0.25, -0.2) is 0 Å². The average molecular weight is 294 g/mol. The molecule has 1 heterocycles. The maximum absolute atomic E-state index is 7.54. The van der Waals surface area contributed by atoms with Gasteiger partial charge in [0.25, 0.3) is 0 Å². The van der Waals surface area contributed by atoms with Gasteiger partial charge in [0.15, 0.2) is 0 Å². The molecule has 0 spiro atoms. The predicted molar refractivity (Wildman–Crippen MR) is 80.9 cm³/mol. The minimum atomic E-state index is -0.0241. The van der Waals surface area contributed by atoms with E-state index in [0.717, 1.165) is 5.56 Å². The summed E-state index contributed by atoms with van der Waals surface area (Å²) in [5, 5.41) is 18.7. The van der Waals surface area contributed by atoms with Crippen molar-refractivity contribution in [1.29, 1.82) is 5.41 Å². The largest absolute Gasteiger partial charge is 0.487 e. The Morgan fingerprint density at radius 1 is 1.18 bits per heavy atom. The smallest absolute Gasteiger partial charge is 0.145 e. The average Bonchev–Trinajstić information content (AvgIpc) is 3.08. The van der Waals surface area contributed by atoms with E-state index in [1.165, 1.54) is 11.0 Å². The first-order valence-corrected chi connectivity index (χ1v) is 6.62. The fourth-order valence-corrected chi connectivity index (χ4v) is 1.99. The van der Waals surface area contributed by atoms with E-state index in [-0.39, 0.29) is 5.84 Å². The van der Waals surface area contributed by atoms with Crippen molar-refractivity contribution < 1.29 is 4.74 Å². The van der Waals surface area contributed by atoms with Crippen molar-refractivity contribution in [2.75, 3.05) is 0 Å². The third kappa shape index (κ3) is 2.93. The van der Waals surface area contributed by atoms with E-state index >= 15 is 0 Å². The second-order valence-corrected chi connectivity index (χ2v) is 4.62. The van der Waals surface area contributed by atoms with Gasteiger partial charge in [-0.3, -0.25) is 5.41 Å². The first-order valence-electron chi connectivity index (χ1n) is 6.62. The molecule has 0 bridgehead atoms. The van der Waals surface area contributed by atoms with E-state index in [4.69, 9.17) is 15.9 Å². The number of nitrogens with zero attached hydrogens (tertiary/aromatic N) is 4. The number of hydrogen-bond donors (Lipinski definition) is 2. The molecule has 22 heavy (non-hydrogen) atoms. The lowest BCUT2D eigenvalue weighted by Crippen LogP contribution is -2.12. The summed E-state index contributed by atoms with van der Waals surface area (Å²) in [6.07, 6.45) is 1.47. The van der Waals surface area contributed by atoms with Crippen LogP contribution in [0.1, 0.15) is 11.1 Å². The molecule has 3 N–H and O–H groups in total. The SMILES string of the molecule is N=C(N)c1ccc(OCc2ccccc2)c(-n2cnnn2)c1. The quantitative estimate of drug-likeness (QED) is 0.548. The topological polar surface area (TPSA) is 103 Å². The Morgan fingerprint density at radius 2 is 2.00 bits per heavy atom. The van der Waals surface area contributed by atoms with E-state index in [2.05, 4.69) is 15.5 Å². The number of rotatable bonds is 5. The Balaban J connectivity index is 1.91. The van der Waals surface area contributed by atoms with E-state index in [1.807, 2.05) is 30.3 Å². The molecule has 0 aliphatic heterocycles. The predicted octanol–water partition coefficient (Wildman–Crippen LogP) is 1.53. The van der Waals surface area contributed by atoms with Crippen LogP contribution in [0, 0.1) is 5.41 Å². The molecule has 3 aromatic rings. The standard InChI is InChI=1S/C15H14N6O/c16-15(17)12-6-7-14(13(8-12)21-10-18-19-20-21)22-9-11-4-2-1-3-5-11/h1-8,10H,9H2,(H3,16,17). The molecule has 7 heteroatoms. The molecule has 0 radical (unpaired) electrons. The minimum Gasteiger partial charge on any atom is -0.487 e. The molecule has 1 aromatic heterocycles. The number of nitrogens with two attached hydrogens (primary N) is 1. The number of amidine groups is 1. The molecule has 0 unspecified atom stereocenters. The summed E-state index contributed by atoms with van der Waals surface area (Å²) in [6.45, 7) is 0.426. The molecular formula is C15H14N6O. The first-order chi connectivity index (χ1) is 10.7. The zero-order valence-electron chi connectivity index (χ0n) is 11.7. The second-order valence-electron chi connectivity index (χ2n) is 4.62. The lowest BCUT2D eigenvalue weighted by molar-refractivity contribution is 0.304. The molecule has 2 aromatic carbocycles. The van der Waals surface area contributed by atoms with Crippen molar-refractivity contribution in [3.05, 3.63) is 66.0 Å². The van der Waals surface area contributed by atoms with E-state index in [0.29, 0.717) is 23.6 Å². The fourth-order valence-electron chi connectivity index (χ4n) is 1.99. The van der Waals surface area contributed by atoms with Gasteiger partial charge in [-0.15, -0.1) is 5.10 Å². The van der Waals surface area contributed by atoms with Crippen LogP contribution in [-0.4, -0.2) is 26.0 Å². The molecule has 0 atom stereocenters. The number of nitrogen functional groups attached to an aromatic ring is 1. The summed E-state index contributed by atoms with van der Waals surface area (Å²) in [5.74, 6) is 0.588. The van der Waals surface area contributed by atoms with Gasteiger partial charge in [0, 0.05) is 5.56 Å². The van der Waals surface area contributed by atoms with Crippen molar-refractivity contribution in [2.24, 2.45) is 5.73 Å². The molecule has 0 aliphatic carbocycles. The monoisotopic (exact) mass is 294 g/mol. The molecule has 7 nitrogen and oxygen atoms in total. The number of benzene rings is 2. The lowest BCUT2D eigenvalue weighted by atomic mass is 10.1. The van der Waals surface area contributed by atoms with Gasteiger partial charge < -0.3 is 10.5 Å². The maximum atomic E-state index is 7.54. The Hall–Kier alpha value is -3.22. The highest BCUT2D eigenvalue weighted by atomic mass is 16.5. The highest BCUT2D eigenvalue weighted by Gasteiger charge is 2.10. The van der Waals surface area contributed by atoms with Crippen LogP contribution >= 0.6 is 0 Å². The van der Waals surface area contributed by atoms with Gasteiger partial charge in [-0.2, -0.15) is 4.68 Å². The Kier molecular flexibility index (Phi) is 3.78. The summed E-state index contributed by atoms with van der Waals surface area (Å²) >= 11 is 0. The highest BCUT2D eigenvalue weighted by molar-refractivity contribution is 5.95. The Labute approximate surface area is 126 Å². The van der Waals surface area contributed by atoms with Crippen molar-refractivity contribution in [2.45, 2.75) is 6.61 Å². The van der Waals surface area contributed by atoms with E-state index < -0.39 is 0 Å². The number of ether oxygens (including phenoxy) is 1. The summed E-state index contributed by atoms with van der Waals surface area (Å²) < 4.78 is 7.33. The Morgan fingerprint density at radius 3 is 2.68 bits per heavy atom. The summed E-state index contributed by atoms with van der Waals surface area (Å²) in [5.41, 5.74) is 7.80. The molecule has 110 valence electrons. The number of nitrogens with one attached hydrogen (secondary N) is 1. The van der Waals surface area contributed by atoms with Crippen LogP contribution in [0.2, 0.25) is 0 Å². The minimum absolute atomic E-state index is 0.0241. The second kappa shape index (κ2) is 6.04. The van der Waals surface area contributed by atoms with Crippen molar-refractivity contribution in [3.8, 4) is 11.4 Å². The zero-order valence-corrected chi connectivity index (χ0v) is 11.7. The van der Waals surface area contributed by atoms with Crippen molar-refractivity contribution in [1.82, 2.24) is 20.2 Å². The Bertz CT molecular complexity index is 770. The normalized spacial score (nSPS) is 10.4. The molecule has 0 fully saturated rings. The summed E-state index contributed by atoms with van der Waals surface area (Å²) in [7, 11) is 0. The highest BCUT2D eigenvalue weighted by Crippen LogP contribution is 2.24. The van der Waals surface area contributed by atoms with Crippen LogP contribution in [0.25, 0.3) is 5.69 Å². The summed E-state index contributed by atoms with van der Waals surface area (Å²) in [4.78, 5) is 0. The van der Waals surface area contributed by atoms with Crippen LogP contribution in [0.4, 0.5) is 0 Å². The van der Waals surface area contributed by atoms with Gasteiger partial charge in [-0.05, 0) is 34.2 Å². The van der Waals surface area contributed by atoms with Gasteiger partial charge in [-0.1, -0.05) is 30.3 Å². The zero-order chi connectivity index (χ0) is 15.4. The van der Waals surface area contributed by atoms with E-state index in [9.17, 15) is 0 Å². The fraction of sp³-hybridized carbons (Fsp3) is 0.0667. The lowest BCUT2D eigenvalue weighted by Gasteiger charge is -2.12. The maximum Gasteiger partial charge on any atom is 0.145 e. The van der Waals surface area contributed by atoms with Gasteiger partial charge in [0.05, 0.1) is 0 Å². The number of hydrogen-bond acceptors (Lipinski definition) is 5. The van der Waals surface area contributed by atoms with E-state index in [1.54, 1.807) is 18.2 Å². The van der Waals surface area contributed by atoms with Crippen LogP contribution in [0.5, 0.6) is 5.75 Å². The number of aromatic nitrogens is 4. The van der Waals surface area contributed by atoms with Crippen LogP contribution < -0.4 is 10.5 Å². The molecular weight excluding hydrogens is 280 g/mol. The van der Waals surface area contributed by atoms with Crippen LogP contribution in [0.15, 0.2) is 54.9 Å². The number of tetrazole rings is 1. The van der Waals surface area contributed by atoms with Gasteiger partial charge >= 0.3 is 0 Å². The third-order valence-corrected chi connectivity index (χ3v) is 3.10. The first kappa shape index (κ1) is 13.7. The van der Waals surface area contributed by atoms with Gasteiger partial charge in [0.1, 0.15) is 30.2 Å².